The van der Waals surface area contributed by atoms with E-state index in [-0.39, 0.29) is 0 Å². The fourth-order valence-electron chi connectivity index (χ4n) is 1.78. The molecule has 0 saturated heterocycles. The number of aromatic nitrogens is 2. The van der Waals surface area contributed by atoms with Crippen molar-refractivity contribution in [1.82, 2.24) is 9.97 Å². The van der Waals surface area contributed by atoms with Gasteiger partial charge in [-0.3, -0.25) is 0 Å². The van der Waals surface area contributed by atoms with Gasteiger partial charge in [-0.25, -0.2) is 9.97 Å². The molecular formula is C12H14N2. The zero-order chi connectivity index (χ0) is 9.97. The Hall–Kier alpha value is -1.44. The Morgan fingerprint density at radius 2 is 1.79 bits per heavy atom. The minimum atomic E-state index is 1.03. The summed E-state index contributed by atoms with van der Waals surface area (Å²) < 4.78 is 0. The van der Waals surface area contributed by atoms with E-state index in [4.69, 9.17) is 0 Å². The third-order valence-corrected chi connectivity index (χ3v) is 2.61. The molecule has 14 heavy (non-hydrogen) atoms. The summed E-state index contributed by atoms with van der Waals surface area (Å²) in [5.74, 6) is 0. The van der Waals surface area contributed by atoms with Crippen molar-refractivity contribution in [2.45, 2.75) is 26.7 Å². The van der Waals surface area contributed by atoms with Crippen LogP contribution in [0, 0.1) is 0 Å². The average Bonchev–Trinajstić information content (AvgIpc) is 2.27. The molecule has 0 spiro atoms. The van der Waals surface area contributed by atoms with Crippen molar-refractivity contribution < 1.29 is 0 Å². The van der Waals surface area contributed by atoms with E-state index in [0.29, 0.717) is 0 Å². The summed E-state index contributed by atoms with van der Waals surface area (Å²) in [6.07, 6.45) is 5.60. The largest absolute Gasteiger partial charge is 0.244 e. The summed E-state index contributed by atoms with van der Waals surface area (Å²) in [6, 6.07) is 4.36. The Kier molecular flexibility index (Phi) is 2.44. The van der Waals surface area contributed by atoms with Crippen molar-refractivity contribution in [1.29, 1.82) is 0 Å². The highest BCUT2D eigenvalue weighted by atomic mass is 14.8. The minimum Gasteiger partial charge on any atom is -0.244 e. The van der Waals surface area contributed by atoms with Crippen LogP contribution in [0.1, 0.15) is 25.0 Å². The summed E-state index contributed by atoms with van der Waals surface area (Å²) in [7, 11) is 0. The number of rotatable bonds is 2. The molecule has 0 aliphatic heterocycles. The molecule has 2 aromatic rings. The average molecular weight is 186 g/mol. The summed E-state index contributed by atoms with van der Waals surface area (Å²) in [5.41, 5.74) is 3.75. The van der Waals surface area contributed by atoms with Gasteiger partial charge in [0.2, 0.25) is 0 Å². The number of nitrogens with zero attached hydrogens (tertiary/aromatic N) is 2. The second-order valence-electron chi connectivity index (χ2n) is 3.38. The molecule has 0 fully saturated rings. The lowest BCUT2D eigenvalue weighted by Gasteiger charge is -2.06. The second-order valence-corrected chi connectivity index (χ2v) is 3.38. The summed E-state index contributed by atoms with van der Waals surface area (Å²) in [6.45, 7) is 4.32. The van der Waals surface area contributed by atoms with Gasteiger partial charge in [0.1, 0.15) is 6.33 Å². The van der Waals surface area contributed by atoms with Gasteiger partial charge in [0.15, 0.2) is 0 Å². The van der Waals surface area contributed by atoms with Crippen molar-refractivity contribution in [2.75, 3.05) is 0 Å². The van der Waals surface area contributed by atoms with Gasteiger partial charge in [-0.15, -0.1) is 0 Å². The molecule has 0 amide bonds. The third-order valence-electron chi connectivity index (χ3n) is 2.61. The van der Waals surface area contributed by atoms with Crippen LogP contribution in [0.25, 0.3) is 10.9 Å². The summed E-state index contributed by atoms with van der Waals surface area (Å²) in [5, 5.41) is 1.20. The molecule has 0 radical (unpaired) electrons. The Balaban J connectivity index is 2.78. The number of fused-ring (bicyclic) bond motifs is 1. The van der Waals surface area contributed by atoms with E-state index < -0.39 is 0 Å². The Labute approximate surface area is 84.0 Å². The smallest absolute Gasteiger partial charge is 0.116 e. The summed E-state index contributed by atoms with van der Waals surface area (Å²) in [4.78, 5) is 8.44. The number of aryl methyl sites for hydroxylation is 2. The fraction of sp³-hybridized carbons (Fsp3) is 0.333. The van der Waals surface area contributed by atoms with Gasteiger partial charge in [-0.05, 0) is 24.0 Å². The first-order valence-electron chi connectivity index (χ1n) is 5.07. The van der Waals surface area contributed by atoms with Gasteiger partial charge in [0.25, 0.3) is 0 Å². The minimum absolute atomic E-state index is 1.03. The van der Waals surface area contributed by atoms with Crippen LogP contribution >= 0.6 is 0 Å². The molecule has 72 valence electrons. The molecule has 0 saturated carbocycles. The molecule has 0 bridgehead atoms. The van der Waals surface area contributed by atoms with Crippen LogP contribution in [0.4, 0.5) is 0 Å². The van der Waals surface area contributed by atoms with E-state index in [0.717, 1.165) is 18.4 Å². The quantitative estimate of drug-likeness (QED) is 0.720. The first kappa shape index (κ1) is 9.13. The molecule has 0 N–H and O–H groups in total. The Morgan fingerprint density at radius 3 is 2.50 bits per heavy atom. The Bertz CT molecular complexity index is 407. The van der Waals surface area contributed by atoms with Gasteiger partial charge < -0.3 is 0 Å². The van der Waals surface area contributed by atoms with Crippen LogP contribution in [0.2, 0.25) is 0 Å². The Morgan fingerprint density at radius 1 is 1.07 bits per heavy atom. The van der Waals surface area contributed by atoms with Crippen LogP contribution in [0.15, 0.2) is 24.7 Å². The standard InChI is InChI=1S/C12H14N2/c1-3-9-5-6-10(4-2)12-11(9)7-13-8-14-12/h5-8H,3-4H2,1-2H3. The molecular weight excluding hydrogens is 172 g/mol. The van der Waals surface area contributed by atoms with Crippen molar-refractivity contribution in [2.24, 2.45) is 0 Å². The third kappa shape index (κ3) is 1.37. The molecule has 2 nitrogen and oxygen atoms in total. The molecule has 0 atom stereocenters. The molecule has 1 heterocycles. The van der Waals surface area contributed by atoms with Crippen LogP contribution < -0.4 is 0 Å². The van der Waals surface area contributed by atoms with E-state index in [2.05, 4.69) is 35.9 Å². The molecule has 2 rings (SSSR count). The topological polar surface area (TPSA) is 25.8 Å². The summed E-state index contributed by atoms with van der Waals surface area (Å²) >= 11 is 0. The van der Waals surface area contributed by atoms with E-state index in [9.17, 15) is 0 Å². The van der Waals surface area contributed by atoms with E-state index in [1.165, 1.54) is 16.5 Å². The van der Waals surface area contributed by atoms with Gasteiger partial charge in [-0.2, -0.15) is 0 Å². The van der Waals surface area contributed by atoms with Crippen molar-refractivity contribution in [3.8, 4) is 0 Å². The predicted molar refractivity (Wildman–Crippen MR) is 58.3 cm³/mol. The van der Waals surface area contributed by atoms with Gasteiger partial charge in [0.05, 0.1) is 5.52 Å². The van der Waals surface area contributed by atoms with Crippen LogP contribution in [0.3, 0.4) is 0 Å². The van der Waals surface area contributed by atoms with Gasteiger partial charge >= 0.3 is 0 Å². The maximum atomic E-state index is 4.35. The van der Waals surface area contributed by atoms with Crippen LogP contribution in [-0.2, 0) is 12.8 Å². The monoisotopic (exact) mass is 186 g/mol. The van der Waals surface area contributed by atoms with Crippen molar-refractivity contribution >= 4 is 10.9 Å². The normalized spacial score (nSPS) is 10.7. The van der Waals surface area contributed by atoms with Crippen LogP contribution in [-0.4, -0.2) is 9.97 Å². The number of hydrogen-bond donors (Lipinski definition) is 0. The highest BCUT2D eigenvalue weighted by Gasteiger charge is 2.04. The highest BCUT2D eigenvalue weighted by Crippen LogP contribution is 2.20. The van der Waals surface area contributed by atoms with E-state index in [1.807, 2.05) is 6.20 Å². The zero-order valence-electron chi connectivity index (χ0n) is 8.62. The van der Waals surface area contributed by atoms with Crippen molar-refractivity contribution in [3.63, 3.8) is 0 Å². The van der Waals surface area contributed by atoms with Gasteiger partial charge in [-0.1, -0.05) is 26.0 Å². The lowest BCUT2D eigenvalue weighted by molar-refractivity contribution is 1.10. The maximum absolute atomic E-state index is 4.35. The molecule has 1 aromatic carbocycles. The van der Waals surface area contributed by atoms with E-state index >= 15 is 0 Å². The SMILES string of the molecule is CCc1ccc(CC)c2ncncc12. The molecule has 1 aromatic heterocycles. The first-order valence-corrected chi connectivity index (χ1v) is 5.07. The number of benzene rings is 1. The zero-order valence-corrected chi connectivity index (χ0v) is 8.62. The first-order chi connectivity index (χ1) is 6.86. The second kappa shape index (κ2) is 3.74. The number of hydrogen-bond acceptors (Lipinski definition) is 2. The molecule has 0 unspecified atom stereocenters. The molecule has 0 aliphatic carbocycles. The van der Waals surface area contributed by atoms with Crippen molar-refractivity contribution in [3.05, 3.63) is 35.8 Å². The lowest BCUT2D eigenvalue weighted by atomic mass is 10.0. The predicted octanol–water partition coefficient (Wildman–Crippen LogP) is 2.75. The molecule has 2 heteroatoms. The molecule has 0 aliphatic rings. The van der Waals surface area contributed by atoms with Crippen LogP contribution in [0.5, 0.6) is 0 Å². The maximum Gasteiger partial charge on any atom is 0.116 e. The van der Waals surface area contributed by atoms with E-state index in [1.54, 1.807) is 6.33 Å². The fourth-order valence-corrected chi connectivity index (χ4v) is 1.78. The van der Waals surface area contributed by atoms with Gasteiger partial charge in [0, 0.05) is 11.6 Å². The highest BCUT2D eigenvalue weighted by molar-refractivity contribution is 5.84. The lowest BCUT2D eigenvalue weighted by Crippen LogP contribution is -1.92.